The number of nitrogens with one attached hydrogen (secondary N) is 1. The van der Waals surface area contributed by atoms with Crippen LogP contribution in [0.5, 0.6) is 0 Å². The largest absolute Gasteiger partial charge is 0.370 e. The summed E-state index contributed by atoms with van der Waals surface area (Å²) in [5.41, 5.74) is 5.88. The summed E-state index contributed by atoms with van der Waals surface area (Å²) in [6, 6.07) is 13.9. The molecular formula is C25H24N2O. The number of anilines is 2. The molecule has 2 aromatic rings. The first-order valence-electron chi connectivity index (χ1n) is 10.4. The van der Waals surface area contributed by atoms with E-state index in [1.54, 1.807) is 0 Å². The number of hydrogen-bond donors (Lipinski definition) is 1. The summed E-state index contributed by atoms with van der Waals surface area (Å²) in [5.74, 6) is 2.25. The summed E-state index contributed by atoms with van der Waals surface area (Å²) >= 11 is 0. The van der Waals surface area contributed by atoms with Gasteiger partial charge in [-0.3, -0.25) is 4.79 Å². The molecule has 4 aliphatic rings. The molecule has 140 valence electrons. The van der Waals surface area contributed by atoms with E-state index in [1.807, 2.05) is 30.3 Å². The lowest BCUT2D eigenvalue weighted by atomic mass is 9.74. The van der Waals surface area contributed by atoms with Crippen molar-refractivity contribution in [3.8, 4) is 0 Å². The molecule has 2 aliphatic heterocycles. The summed E-state index contributed by atoms with van der Waals surface area (Å²) in [6.07, 6.45) is 11.8. The number of rotatable bonds is 2. The van der Waals surface area contributed by atoms with Gasteiger partial charge in [-0.05, 0) is 48.4 Å². The lowest BCUT2D eigenvalue weighted by Crippen LogP contribution is -2.44. The van der Waals surface area contributed by atoms with Crippen molar-refractivity contribution in [3.05, 3.63) is 83.5 Å². The molecule has 28 heavy (non-hydrogen) atoms. The third-order valence-electron chi connectivity index (χ3n) is 7.03. The van der Waals surface area contributed by atoms with Crippen LogP contribution in [0, 0.1) is 11.8 Å². The lowest BCUT2D eigenvalue weighted by Gasteiger charge is -2.46. The first-order chi connectivity index (χ1) is 13.8. The summed E-state index contributed by atoms with van der Waals surface area (Å²) < 4.78 is 0. The Kier molecular flexibility index (Phi) is 3.52. The van der Waals surface area contributed by atoms with E-state index in [1.165, 1.54) is 23.2 Å². The Hall–Kier alpha value is -2.81. The molecule has 1 N–H and O–H groups in total. The maximum absolute atomic E-state index is 12.9. The standard InChI is InChI=1S/C25H24N2O/c28-25(16-6-2-1-3-7-16)26-22-13-12-21-19-10-4-8-17(19)14-27-15-18-9-5-11-20(18)23(22)24(21)27/h1-7,10-13,17-20H,8-9,14-15H2,(H,26,28)/t17-,18-,19+,20-/m1/s1. The Morgan fingerprint density at radius 1 is 0.893 bits per heavy atom. The highest BCUT2D eigenvalue weighted by Gasteiger charge is 2.43. The zero-order valence-electron chi connectivity index (χ0n) is 15.8. The molecule has 3 nitrogen and oxygen atoms in total. The number of benzene rings is 2. The first-order valence-corrected chi connectivity index (χ1v) is 10.4. The summed E-state index contributed by atoms with van der Waals surface area (Å²) in [7, 11) is 0. The molecule has 0 aromatic heterocycles. The molecule has 0 bridgehead atoms. The minimum Gasteiger partial charge on any atom is -0.370 e. The van der Waals surface area contributed by atoms with Gasteiger partial charge in [0.15, 0.2) is 0 Å². The zero-order valence-corrected chi connectivity index (χ0v) is 15.8. The quantitative estimate of drug-likeness (QED) is 0.749. The SMILES string of the molecule is O=C(Nc1ccc2c3c1[C@@H]1C=CC[C@@H]1CN3C[C@H]1CC=C[C@H]21)c1ccccc1. The van der Waals surface area contributed by atoms with Crippen molar-refractivity contribution >= 4 is 17.3 Å². The van der Waals surface area contributed by atoms with Crippen molar-refractivity contribution in [2.75, 3.05) is 23.3 Å². The van der Waals surface area contributed by atoms with Gasteiger partial charge in [-0.25, -0.2) is 0 Å². The number of carbonyl (C=O) groups is 1. The van der Waals surface area contributed by atoms with E-state index in [0.29, 0.717) is 29.2 Å². The minimum atomic E-state index is -0.0260. The second-order valence-electron chi connectivity index (χ2n) is 8.59. The van der Waals surface area contributed by atoms with Crippen LogP contribution in [0.2, 0.25) is 0 Å². The van der Waals surface area contributed by atoms with Crippen LogP contribution < -0.4 is 10.2 Å². The number of amides is 1. The molecule has 1 amide bonds. The molecule has 2 aromatic carbocycles. The summed E-state index contributed by atoms with van der Waals surface area (Å²) in [4.78, 5) is 15.5. The Morgan fingerprint density at radius 2 is 1.61 bits per heavy atom. The molecule has 0 fully saturated rings. The van der Waals surface area contributed by atoms with Gasteiger partial charge in [0.1, 0.15) is 0 Å². The zero-order chi connectivity index (χ0) is 18.7. The Labute approximate surface area is 165 Å². The average Bonchev–Trinajstić information content (AvgIpc) is 3.39. The fraction of sp³-hybridized carbons (Fsp3) is 0.320. The van der Waals surface area contributed by atoms with Crippen molar-refractivity contribution in [1.82, 2.24) is 0 Å². The molecule has 0 saturated carbocycles. The van der Waals surface area contributed by atoms with E-state index in [4.69, 9.17) is 0 Å². The maximum atomic E-state index is 12.9. The van der Waals surface area contributed by atoms with Crippen LogP contribution >= 0.6 is 0 Å². The number of hydrogen-bond acceptors (Lipinski definition) is 2. The minimum absolute atomic E-state index is 0.0260. The molecule has 0 saturated heterocycles. The number of nitrogens with zero attached hydrogens (tertiary/aromatic N) is 1. The van der Waals surface area contributed by atoms with Gasteiger partial charge in [-0.1, -0.05) is 48.6 Å². The van der Waals surface area contributed by atoms with Crippen molar-refractivity contribution in [1.29, 1.82) is 0 Å². The maximum Gasteiger partial charge on any atom is 0.255 e. The Bertz CT molecular complexity index is 1000. The predicted octanol–water partition coefficient (Wildman–Crippen LogP) is 5.09. The van der Waals surface area contributed by atoms with Crippen LogP contribution in [-0.2, 0) is 0 Å². The average molecular weight is 368 g/mol. The highest BCUT2D eigenvalue weighted by molar-refractivity contribution is 6.05. The van der Waals surface area contributed by atoms with Crippen molar-refractivity contribution in [3.63, 3.8) is 0 Å². The van der Waals surface area contributed by atoms with E-state index >= 15 is 0 Å². The molecule has 2 heterocycles. The highest BCUT2D eigenvalue weighted by Crippen LogP contribution is 2.54. The Balaban J connectivity index is 1.47. The van der Waals surface area contributed by atoms with Gasteiger partial charge in [-0.2, -0.15) is 0 Å². The lowest BCUT2D eigenvalue weighted by molar-refractivity contribution is 0.102. The molecule has 3 heteroatoms. The van der Waals surface area contributed by atoms with E-state index in [-0.39, 0.29) is 5.91 Å². The van der Waals surface area contributed by atoms with Crippen molar-refractivity contribution in [2.45, 2.75) is 24.7 Å². The van der Waals surface area contributed by atoms with Gasteiger partial charge >= 0.3 is 0 Å². The molecule has 6 rings (SSSR count). The van der Waals surface area contributed by atoms with Gasteiger partial charge in [0.2, 0.25) is 0 Å². The monoisotopic (exact) mass is 368 g/mol. The molecule has 4 atom stereocenters. The second kappa shape index (κ2) is 6.10. The third-order valence-corrected chi connectivity index (χ3v) is 7.03. The van der Waals surface area contributed by atoms with Crippen LogP contribution in [0.4, 0.5) is 11.4 Å². The first kappa shape index (κ1) is 16.2. The number of carbonyl (C=O) groups excluding carboxylic acids is 1. The summed E-state index contributed by atoms with van der Waals surface area (Å²) in [5, 5.41) is 3.24. The van der Waals surface area contributed by atoms with Gasteiger partial charge in [0.05, 0.1) is 0 Å². The van der Waals surface area contributed by atoms with E-state index in [2.05, 4.69) is 46.7 Å². The molecule has 0 spiro atoms. The van der Waals surface area contributed by atoms with Gasteiger partial charge in [0, 0.05) is 47.4 Å². The second-order valence-corrected chi connectivity index (χ2v) is 8.59. The smallest absolute Gasteiger partial charge is 0.255 e. The van der Waals surface area contributed by atoms with Crippen LogP contribution in [0.25, 0.3) is 0 Å². The Morgan fingerprint density at radius 3 is 2.39 bits per heavy atom. The van der Waals surface area contributed by atoms with Crippen LogP contribution in [0.15, 0.2) is 66.8 Å². The van der Waals surface area contributed by atoms with Crippen molar-refractivity contribution < 1.29 is 4.79 Å². The third kappa shape index (κ3) is 2.32. The predicted molar refractivity (Wildman–Crippen MR) is 113 cm³/mol. The van der Waals surface area contributed by atoms with Crippen LogP contribution in [0.3, 0.4) is 0 Å². The summed E-state index contributed by atoms with van der Waals surface area (Å²) in [6.45, 7) is 2.27. The molecule has 0 radical (unpaired) electrons. The molecule has 2 aliphatic carbocycles. The normalized spacial score (nSPS) is 28.6. The topological polar surface area (TPSA) is 32.3 Å². The number of fused-ring (bicyclic) bond motifs is 4. The molecular weight excluding hydrogens is 344 g/mol. The van der Waals surface area contributed by atoms with E-state index in [0.717, 1.165) is 25.2 Å². The fourth-order valence-corrected chi connectivity index (χ4v) is 5.77. The van der Waals surface area contributed by atoms with Gasteiger partial charge in [-0.15, -0.1) is 0 Å². The van der Waals surface area contributed by atoms with Gasteiger partial charge < -0.3 is 10.2 Å². The highest BCUT2D eigenvalue weighted by atomic mass is 16.1. The van der Waals surface area contributed by atoms with Gasteiger partial charge in [0.25, 0.3) is 5.91 Å². The van der Waals surface area contributed by atoms with Crippen LogP contribution in [-0.4, -0.2) is 19.0 Å². The number of allylic oxidation sites excluding steroid dienone is 4. The van der Waals surface area contributed by atoms with E-state index < -0.39 is 0 Å². The van der Waals surface area contributed by atoms with E-state index in [9.17, 15) is 4.79 Å². The molecule has 0 unspecified atom stereocenters. The van der Waals surface area contributed by atoms with Crippen LogP contribution in [0.1, 0.15) is 46.2 Å². The van der Waals surface area contributed by atoms with Crippen molar-refractivity contribution in [2.24, 2.45) is 11.8 Å². The fourth-order valence-electron chi connectivity index (χ4n) is 5.77.